The number of hydrogen-bond acceptors (Lipinski definition) is 7. The molecule has 0 saturated heterocycles. The minimum atomic E-state index is -0.313. The molecule has 2 aliphatic rings. The van der Waals surface area contributed by atoms with Crippen LogP contribution < -0.4 is 9.47 Å². The highest BCUT2D eigenvalue weighted by atomic mass is 32.2. The van der Waals surface area contributed by atoms with Crippen molar-refractivity contribution in [1.29, 1.82) is 0 Å². The molecule has 7 nitrogen and oxygen atoms in total. The van der Waals surface area contributed by atoms with Gasteiger partial charge >= 0.3 is 0 Å². The zero-order valence-electron chi connectivity index (χ0n) is 16.0. The summed E-state index contributed by atoms with van der Waals surface area (Å²) in [4.78, 5) is 0. The van der Waals surface area contributed by atoms with E-state index in [4.69, 9.17) is 14.0 Å². The van der Waals surface area contributed by atoms with Crippen molar-refractivity contribution in [2.75, 3.05) is 6.61 Å². The maximum Gasteiger partial charge on any atom is 0.192 e. The third-order valence-corrected chi connectivity index (χ3v) is 6.20. The molecule has 150 valence electrons. The molecule has 2 aromatic heterocycles. The monoisotopic (exact) mass is 410 g/mol. The molecular weight excluding hydrogens is 388 g/mol. The van der Waals surface area contributed by atoms with Crippen LogP contribution >= 0.6 is 11.8 Å². The maximum atomic E-state index is 6.12. The molecule has 5 rings (SSSR count). The summed E-state index contributed by atoms with van der Waals surface area (Å²) in [6.07, 6.45) is 5.94. The lowest BCUT2D eigenvalue weighted by molar-refractivity contribution is 0.0821. The summed E-state index contributed by atoms with van der Waals surface area (Å²) in [5, 5.41) is 13.9. The fourth-order valence-electron chi connectivity index (χ4n) is 3.79. The molecule has 0 bridgehead atoms. The number of aryl methyl sites for hydroxylation is 1. The van der Waals surface area contributed by atoms with Crippen molar-refractivity contribution < 1.29 is 14.0 Å². The summed E-state index contributed by atoms with van der Waals surface area (Å²) in [5.41, 5.74) is 2.30. The summed E-state index contributed by atoms with van der Waals surface area (Å²) < 4.78 is 19.5. The van der Waals surface area contributed by atoms with Gasteiger partial charge in [-0.15, -0.1) is 16.8 Å². The van der Waals surface area contributed by atoms with Crippen molar-refractivity contribution in [3.8, 4) is 11.5 Å². The van der Waals surface area contributed by atoms with Gasteiger partial charge in [-0.3, -0.25) is 4.57 Å². The Labute approximate surface area is 173 Å². The first kappa shape index (κ1) is 18.3. The smallest absolute Gasteiger partial charge is 0.192 e. The van der Waals surface area contributed by atoms with Gasteiger partial charge in [0.2, 0.25) is 0 Å². The van der Waals surface area contributed by atoms with E-state index < -0.39 is 0 Å². The van der Waals surface area contributed by atoms with Crippen LogP contribution in [0.3, 0.4) is 0 Å². The molecule has 3 heterocycles. The van der Waals surface area contributed by atoms with E-state index in [1.807, 2.05) is 34.9 Å². The molecule has 0 saturated carbocycles. The first-order valence-corrected chi connectivity index (χ1v) is 10.8. The predicted octanol–water partition coefficient (Wildman–Crippen LogP) is 4.14. The van der Waals surface area contributed by atoms with Crippen LogP contribution in [0.5, 0.6) is 11.5 Å². The molecule has 1 aromatic carbocycles. The van der Waals surface area contributed by atoms with Crippen molar-refractivity contribution in [3.05, 3.63) is 59.8 Å². The number of benzene rings is 1. The van der Waals surface area contributed by atoms with Crippen molar-refractivity contribution in [2.45, 2.75) is 49.2 Å². The van der Waals surface area contributed by atoms with E-state index >= 15 is 0 Å². The van der Waals surface area contributed by atoms with Crippen molar-refractivity contribution >= 4 is 11.8 Å². The maximum absolute atomic E-state index is 6.12. The van der Waals surface area contributed by atoms with Crippen molar-refractivity contribution in [3.63, 3.8) is 0 Å². The van der Waals surface area contributed by atoms with Crippen LogP contribution in [0.1, 0.15) is 41.8 Å². The van der Waals surface area contributed by atoms with Gasteiger partial charge in [-0.1, -0.05) is 35.1 Å². The van der Waals surface area contributed by atoms with Gasteiger partial charge in [0.15, 0.2) is 28.6 Å². The predicted molar refractivity (Wildman–Crippen MR) is 108 cm³/mol. The van der Waals surface area contributed by atoms with Crippen LogP contribution in [0.15, 0.2) is 46.6 Å². The largest absolute Gasteiger partial charge is 0.485 e. The molecule has 29 heavy (non-hydrogen) atoms. The normalized spacial score (nSPS) is 17.7. The summed E-state index contributed by atoms with van der Waals surface area (Å²) in [6.45, 7) is 4.88. The number of para-hydroxylation sites is 2. The fourth-order valence-corrected chi connectivity index (χ4v) is 4.70. The summed E-state index contributed by atoms with van der Waals surface area (Å²) >= 11 is 1.61. The number of rotatable bonds is 6. The Morgan fingerprint density at radius 3 is 2.93 bits per heavy atom. The van der Waals surface area contributed by atoms with Gasteiger partial charge in [0, 0.05) is 24.3 Å². The number of thioether (sulfide) groups is 1. The van der Waals surface area contributed by atoms with Crippen LogP contribution in [0.25, 0.3) is 0 Å². The molecule has 1 aliphatic heterocycles. The van der Waals surface area contributed by atoms with Gasteiger partial charge in [0.05, 0.1) is 5.69 Å². The highest BCUT2D eigenvalue weighted by molar-refractivity contribution is 7.98. The number of aromatic nitrogens is 4. The molecule has 0 N–H and O–H groups in total. The lowest BCUT2D eigenvalue weighted by Gasteiger charge is -2.26. The third-order valence-electron chi connectivity index (χ3n) is 5.22. The Morgan fingerprint density at radius 2 is 2.03 bits per heavy atom. The lowest BCUT2D eigenvalue weighted by Crippen LogP contribution is -2.25. The Kier molecular flexibility index (Phi) is 5.01. The van der Waals surface area contributed by atoms with Crippen LogP contribution in [-0.2, 0) is 25.1 Å². The van der Waals surface area contributed by atoms with E-state index in [1.165, 1.54) is 18.4 Å². The first-order chi connectivity index (χ1) is 14.3. The first-order valence-electron chi connectivity index (χ1n) is 9.85. The minimum Gasteiger partial charge on any atom is -0.485 e. The Morgan fingerprint density at radius 1 is 1.17 bits per heavy atom. The summed E-state index contributed by atoms with van der Waals surface area (Å²) in [5.74, 6) is 3.97. The Balaban J connectivity index is 1.36. The second-order valence-corrected chi connectivity index (χ2v) is 8.07. The Bertz CT molecular complexity index is 1030. The standard InChI is InChI=1S/C21H22N4O3S/c1-2-11-25-20(19-12-26-17-9-5-6-10-18(17)27-19)22-23-21(25)29-13-15-14-7-3-4-8-16(14)28-24-15/h2,5-6,9-10,19H,1,3-4,7-8,11-13H2. The van der Waals surface area contributed by atoms with E-state index in [9.17, 15) is 0 Å². The minimum absolute atomic E-state index is 0.313. The quantitative estimate of drug-likeness (QED) is 0.447. The molecule has 3 aromatic rings. The van der Waals surface area contributed by atoms with Crippen LogP contribution in [0.2, 0.25) is 0 Å². The van der Waals surface area contributed by atoms with Gasteiger partial charge in [-0.25, -0.2) is 0 Å². The average molecular weight is 410 g/mol. The second kappa shape index (κ2) is 7.94. The Hall–Kier alpha value is -2.74. The lowest BCUT2D eigenvalue weighted by atomic mass is 9.97. The van der Waals surface area contributed by atoms with Gasteiger partial charge in [0.1, 0.15) is 12.4 Å². The molecule has 0 fully saturated rings. The average Bonchev–Trinajstić information content (AvgIpc) is 3.36. The van der Waals surface area contributed by atoms with E-state index in [0.29, 0.717) is 18.9 Å². The SMILES string of the molecule is C=CCn1c(SCc2noc3c2CCCC3)nnc1C1COc2ccccc2O1. The molecular formula is C21H22N4O3S. The number of ether oxygens (including phenoxy) is 2. The van der Waals surface area contributed by atoms with Crippen LogP contribution in [0, 0.1) is 0 Å². The highest BCUT2D eigenvalue weighted by Gasteiger charge is 2.28. The summed E-state index contributed by atoms with van der Waals surface area (Å²) in [7, 11) is 0. The molecule has 8 heteroatoms. The van der Waals surface area contributed by atoms with Gasteiger partial charge < -0.3 is 14.0 Å². The van der Waals surface area contributed by atoms with Crippen molar-refractivity contribution in [1.82, 2.24) is 19.9 Å². The number of fused-ring (bicyclic) bond motifs is 2. The number of allylic oxidation sites excluding steroid dienone is 1. The summed E-state index contributed by atoms with van der Waals surface area (Å²) in [6, 6.07) is 7.66. The van der Waals surface area contributed by atoms with Gasteiger partial charge in [0.25, 0.3) is 0 Å². The topological polar surface area (TPSA) is 75.2 Å². The van der Waals surface area contributed by atoms with Gasteiger partial charge in [-0.2, -0.15) is 0 Å². The number of hydrogen-bond donors (Lipinski definition) is 0. The van der Waals surface area contributed by atoms with E-state index in [1.54, 1.807) is 11.8 Å². The molecule has 0 spiro atoms. The van der Waals surface area contributed by atoms with Crippen LogP contribution in [-0.4, -0.2) is 26.5 Å². The second-order valence-electron chi connectivity index (χ2n) is 7.13. The van der Waals surface area contributed by atoms with Crippen molar-refractivity contribution in [2.24, 2.45) is 0 Å². The molecule has 1 aliphatic carbocycles. The molecule has 1 unspecified atom stereocenters. The molecule has 1 atom stereocenters. The highest BCUT2D eigenvalue weighted by Crippen LogP contribution is 2.36. The van der Waals surface area contributed by atoms with E-state index in [0.717, 1.165) is 46.8 Å². The zero-order valence-corrected chi connectivity index (χ0v) is 16.9. The molecule has 0 amide bonds. The fraction of sp³-hybridized carbons (Fsp3) is 0.381. The van der Waals surface area contributed by atoms with Crippen LogP contribution in [0.4, 0.5) is 0 Å². The number of nitrogens with zero attached hydrogens (tertiary/aromatic N) is 4. The van der Waals surface area contributed by atoms with E-state index in [-0.39, 0.29) is 6.10 Å². The van der Waals surface area contributed by atoms with Gasteiger partial charge in [-0.05, 0) is 31.4 Å². The van der Waals surface area contributed by atoms with E-state index in [2.05, 4.69) is 21.9 Å². The zero-order chi connectivity index (χ0) is 19.6. The third kappa shape index (κ3) is 3.53. The molecule has 0 radical (unpaired) electrons.